The minimum atomic E-state index is -1.14. The number of hydrogen-bond donors (Lipinski definition) is 1. The predicted molar refractivity (Wildman–Crippen MR) is 74.0 cm³/mol. The van der Waals surface area contributed by atoms with Crippen molar-refractivity contribution in [2.24, 2.45) is 5.92 Å². The molecule has 0 spiro atoms. The third-order valence-electron chi connectivity index (χ3n) is 3.95. The number of nitriles is 1. The molecule has 2 atom stereocenters. The Bertz CT molecular complexity index is 418. The number of urea groups is 1. The van der Waals surface area contributed by atoms with Gasteiger partial charge in [0.1, 0.15) is 5.54 Å². The normalized spacial score (nSPS) is 23.8. The molecule has 0 aliphatic carbocycles. The van der Waals surface area contributed by atoms with E-state index in [0.717, 1.165) is 12.8 Å². The minimum Gasteiger partial charge on any atom is -0.480 e. The monoisotopic (exact) mass is 281 g/mol. The fraction of sp³-hybridized carbons (Fsp3) is 0.786. The largest absolute Gasteiger partial charge is 0.480 e. The van der Waals surface area contributed by atoms with Crippen LogP contribution < -0.4 is 0 Å². The standard InChI is InChI=1S/C14H23N3O3/c1-4-16(10-11(2)9-15)13(20)17-8-6-5-7-14(17,3)12(18)19/h11H,4-8,10H2,1-3H3,(H,18,19). The van der Waals surface area contributed by atoms with E-state index in [-0.39, 0.29) is 11.9 Å². The molecule has 0 bridgehead atoms. The van der Waals surface area contributed by atoms with Crippen molar-refractivity contribution >= 4 is 12.0 Å². The Morgan fingerprint density at radius 2 is 2.15 bits per heavy atom. The van der Waals surface area contributed by atoms with Crippen molar-refractivity contribution in [1.29, 1.82) is 5.26 Å². The maximum atomic E-state index is 12.6. The van der Waals surface area contributed by atoms with E-state index in [0.29, 0.717) is 26.1 Å². The molecule has 0 aromatic carbocycles. The van der Waals surface area contributed by atoms with Crippen molar-refractivity contribution < 1.29 is 14.7 Å². The average Bonchev–Trinajstić information content (AvgIpc) is 2.44. The SMILES string of the molecule is CCN(CC(C)C#N)C(=O)N1CCCCC1(C)C(=O)O. The molecule has 0 aromatic heterocycles. The number of nitrogens with zero attached hydrogens (tertiary/aromatic N) is 3. The molecule has 0 radical (unpaired) electrons. The van der Waals surface area contributed by atoms with Gasteiger partial charge in [0.25, 0.3) is 0 Å². The van der Waals surface area contributed by atoms with Crippen molar-refractivity contribution in [3.63, 3.8) is 0 Å². The Morgan fingerprint density at radius 1 is 1.50 bits per heavy atom. The van der Waals surface area contributed by atoms with Gasteiger partial charge in [0.05, 0.1) is 12.0 Å². The van der Waals surface area contributed by atoms with E-state index in [4.69, 9.17) is 5.26 Å². The molecule has 1 saturated heterocycles. The third-order valence-corrected chi connectivity index (χ3v) is 3.95. The van der Waals surface area contributed by atoms with E-state index in [9.17, 15) is 14.7 Å². The summed E-state index contributed by atoms with van der Waals surface area (Å²) < 4.78 is 0. The zero-order chi connectivity index (χ0) is 15.3. The first-order valence-corrected chi connectivity index (χ1v) is 7.06. The first-order chi connectivity index (χ1) is 9.36. The molecule has 2 amide bonds. The summed E-state index contributed by atoms with van der Waals surface area (Å²) in [6, 6.07) is 1.82. The molecule has 1 fully saturated rings. The number of carbonyl (C=O) groups is 2. The molecule has 1 rings (SSSR count). The van der Waals surface area contributed by atoms with Crippen LogP contribution in [0.15, 0.2) is 0 Å². The number of carboxylic acid groups (broad SMARTS) is 1. The molecule has 20 heavy (non-hydrogen) atoms. The smallest absolute Gasteiger partial charge is 0.329 e. The van der Waals surface area contributed by atoms with Gasteiger partial charge in [-0.1, -0.05) is 0 Å². The van der Waals surface area contributed by atoms with Crippen LogP contribution in [-0.4, -0.2) is 52.1 Å². The molecule has 1 N–H and O–H groups in total. The Morgan fingerprint density at radius 3 is 2.65 bits per heavy atom. The fourth-order valence-corrected chi connectivity index (χ4v) is 2.53. The highest BCUT2D eigenvalue weighted by Gasteiger charge is 2.45. The molecular weight excluding hydrogens is 258 g/mol. The van der Waals surface area contributed by atoms with Gasteiger partial charge in [-0.25, -0.2) is 9.59 Å². The number of piperidine rings is 1. The van der Waals surface area contributed by atoms with Crippen LogP contribution in [0.3, 0.4) is 0 Å². The van der Waals surface area contributed by atoms with Crippen LogP contribution >= 0.6 is 0 Å². The van der Waals surface area contributed by atoms with Gasteiger partial charge in [0.2, 0.25) is 0 Å². The van der Waals surface area contributed by atoms with Crippen LogP contribution in [0.1, 0.15) is 40.0 Å². The van der Waals surface area contributed by atoms with E-state index in [1.54, 1.807) is 18.7 Å². The summed E-state index contributed by atoms with van der Waals surface area (Å²) in [6.45, 7) is 6.45. The van der Waals surface area contributed by atoms with Crippen LogP contribution in [0.5, 0.6) is 0 Å². The van der Waals surface area contributed by atoms with Gasteiger partial charge in [-0.05, 0) is 40.0 Å². The molecule has 112 valence electrons. The molecule has 1 aliphatic heterocycles. The van der Waals surface area contributed by atoms with Crippen molar-refractivity contribution in [2.75, 3.05) is 19.6 Å². The van der Waals surface area contributed by atoms with Crippen LogP contribution in [0.2, 0.25) is 0 Å². The lowest BCUT2D eigenvalue weighted by Crippen LogP contribution is -2.60. The number of carboxylic acids is 1. The summed E-state index contributed by atoms with van der Waals surface area (Å²) in [4.78, 5) is 27.1. The summed E-state index contributed by atoms with van der Waals surface area (Å²) in [5, 5.41) is 18.3. The summed E-state index contributed by atoms with van der Waals surface area (Å²) in [7, 11) is 0. The number of likely N-dealkylation sites (tertiary alicyclic amines) is 1. The molecule has 0 aromatic rings. The van der Waals surface area contributed by atoms with Crippen molar-refractivity contribution in [3.8, 4) is 6.07 Å². The number of aliphatic carboxylic acids is 1. The van der Waals surface area contributed by atoms with Crippen molar-refractivity contribution in [1.82, 2.24) is 9.80 Å². The van der Waals surface area contributed by atoms with Gasteiger partial charge in [0, 0.05) is 19.6 Å². The van der Waals surface area contributed by atoms with E-state index < -0.39 is 11.5 Å². The number of amides is 2. The van der Waals surface area contributed by atoms with E-state index >= 15 is 0 Å². The molecule has 1 aliphatic rings. The van der Waals surface area contributed by atoms with Crippen LogP contribution in [-0.2, 0) is 4.79 Å². The second-order valence-electron chi connectivity index (χ2n) is 5.54. The lowest BCUT2D eigenvalue weighted by Gasteiger charge is -2.43. The van der Waals surface area contributed by atoms with Gasteiger partial charge >= 0.3 is 12.0 Å². The lowest BCUT2D eigenvalue weighted by molar-refractivity contribution is -0.150. The van der Waals surface area contributed by atoms with Gasteiger partial charge in [-0.2, -0.15) is 5.26 Å². The minimum absolute atomic E-state index is 0.264. The van der Waals surface area contributed by atoms with E-state index in [1.807, 2.05) is 6.92 Å². The molecule has 2 unspecified atom stereocenters. The highest BCUT2D eigenvalue weighted by atomic mass is 16.4. The molecule has 0 saturated carbocycles. The number of carbonyl (C=O) groups excluding carboxylic acids is 1. The second-order valence-corrected chi connectivity index (χ2v) is 5.54. The van der Waals surface area contributed by atoms with Crippen LogP contribution in [0.25, 0.3) is 0 Å². The average molecular weight is 281 g/mol. The van der Waals surface area contributed by atoms with Crippen molar-refractivity contribution in [2.45, 2.75) is 45.6 Å². The highest BCUT2D eigenvalue weighted by Crippen LogP contribution is 2.29. The molecular formula is C14H23N3O3. The van der Waals surface area contributed by atoms with E-state index in [2.05, 4.69) is 6.07 Å². The quantitative estimate of drug-likeness (QED) is 0.853. The topological polar surface area (TPSA) is 84.6 Å². The zero-order valence-electron chi connectivity index (χ0n) is 12.4. The summed E-state index contributed by atoms with van der Waals surface area (Å²) in [5.74, 6) is -1.23. The Kier molecular flexibility index (Phi) is 5.37. The summed E-state index contributed by atoms with van der Waals surface area (Å²) in [6.07, 6.45) is 2.10. The number of hydrogen-bond acceptors (Lipinski definition) is 3. The Labute approximate surface area is 120 Å². The lowest BCUT2D eigenvalue weighted by atomic mass is 9.89. The Balaban J connectivity index is 2.91. The summed E-state index contributed by atoms with van der Waals surface area (Å²) >= 11 is 0. The van der Waals surface area contributed by atoms with Gasteiger partial charge < -0.3 is 14.9 Å². The first-order valence-electron chi connectivity index (χ1n) is 7.06. The number of rotatable bonds is 4. The second kappa shape index (κ2) is 6.60. The van der Waals surface area contributed by atoms with Crippen molar-refractivity contribution in [3.05, 3.63) is 0 Å². The van der Waals surface area contributed by atoms with Gasteiger partial charge in [-0.15, -0.1) is 0 Å². The molecule has 1 heterocycles. The molecule has 6 nitrogen and oxygen atoms in total. The predicted octanol–water partition coefficient (Wildman–Crippen LogP) is 1.92. The maximum absolute atomic E-state index is 12.6. The molecule has 6 heteroatoms. The van der Waals surface area contributed by atoms with Gasteiger partial charge in [-0.3, -0.25) is 0 Å². The van der Waals surface area contributed by atoms with Gasteiger partial charge in [0.15, 0.2) is 0 Å². The highest BCUT2D eigenvalue weighted by molar-refractivity contribution is 5.86. The van der Waals surface area contributed by atoms with E-state index in [1.165, 1.54) is 4.90 Å². The van der Waals surface area contributed by atoms with Crippen LogP contribution in [0, 0.1) is 17.2 Å². The Hall–Kier alpha value is -1.77. The third kappa shape index (κ3) is 3.21. The van der Waals surface area contributed by atoms with Crippen LogP contribution in [0.4, 0.5) is 4.79 Å². The maximum Gasteiger partial charge on any atom is 0.329 e. The zero-order valence-corrected chi connectivity index (χ0v) is 12.4. The summed E-state index contributed by atoms with van der Waals surface area (Å²) in [5.41, 5.74) is -1.14. The fourth-order valence-electron chi connectivity index (χ4n) is 2.53. The first kappa shape index (κ1) is 16.3.